The van der Waals surface area contributed by atoms with Crippen molar-refractivity contribution in [2.45, 2.75) is 18.9 Å². The summed E-state index contributed by atoms with van der Waals surface area (Å²) in [5, 5.41) is 2.75. The first-order valence-electron chi connectivity index (χ1n) is 6.92. The standard InChI is InChI=1S/C15H19FN2O3/c1-18-9-12(21-10-15(18)20)8-17-14(19)7-6-11-4-2-3-5-13(11)16/h2-5,12H,6-10H2,1H3,(H,17,19). The summed E-state index contributed by atoms with van der Waals surface area (Å²) in [5.74, 6) is -0.500. The van der Waals surface area contributed by atoms with Crippen molar-refractivity contribution in [2.24, 2.45) is 0 Å². The van der Waals surface area contributed by atoms with Crippen LogP contribution in [0.4, 0.5) is 4.39 Å². The van der Waals surface area contributed by atoms with Gasteiger partial charge in [0.25, 0.3) is 0 Å². The Morgan fingerprint density at radius 2 is 2.24 bits per heavy atom. The molecule has 114 valence electrons. The van der Waals surface area contributed by atoms with Crippen LogP contribution in [0.3, 0.4) is 0 Å². The lowest BCUT2D eigenvalue weighted by molar-refractivity contribution is -0.146. The van der Waals surface area contributed by atoms with E-state index >= 15 is 0 Å². The Bertz CT molecular complexity index is 521. The molecule has 2 amide bonds. The second kappa shape index (κ2) is 7.17. The zero-order chi connectivity index (χ0) is 15.2. The quantitative estimate of drug-likeness (QED) is 0.871. The number of ether oxygens (including phenoxy) is 1. The van der Waals surface area contributed by atoms with Gasteiger partial charge in [-0.2, -0.15) is 0 Å². The Kier molecular flexibility index (Phi) is 5.27. The van der Waals surface area contributed by atoms with E-state index in [-0.39, 0.29) is 36.8 Å². The maximum Gasteiger partial charge on any atom is 0.248 e. The Morgan fingerprint density at radius 3 is 2.95 bits per heavy atom. The highest BCUT2D eigenvalue weighted by Crippen LogP contribution is 2.09. The van der Waals surface area contributed by atoms with Crippen LogP contribution in [0.1, 0.15) is 12.0 Å². The summed E-state index contributed by atoms with van der Waals surface area (Å²) in [5.41, 5.74) is 0.534. The monoisotopic (exact) mass is 294 g/mol. The van der Waals surface area contributed by atoms with Crippen LogP contribution >= 0.6 is 0 Å². The third kappa shape index (κ3) is 4.53. The minimum Gasteiger partial charge on any atom is -0.365 e. The number of amides is 2. The van der Waals surface area contributed by atoms with Crippen LogP contribution in [-0.4, -0.2) is 49.6 Å². The van der Waals surface area contributed by atoms with Crippen molar-refractivity contribution in [3.8, 4) is 0 Å². The predicted octanol–water partition coefficient (Wildman–Crippen LogP) is 0.732. The number of hydrogen-bond donors (Lipinski definition) is 1. The van der Waals surface area contributed by atoms with E-state index in [1.54, 1.807) is 30.1 Å². The zero-order valence-electron chi connectivity index (χ0n) is 12.0. The summed E-state index contributed by atoms with van der Waals surface area (Å²) in [4.78, 5) is 24.6. The van der Waals surface area contributed by atoms with Crippen molar-refractivity contribution < 1.29 is 18.7 Å². The molecule has 1 saturated heterocycles. The number of halogens is 1. The molecule has 1 unspecified atom stereocenters. The highest BCUT2D eigenvalue weighted by molar-refractivity contribution is 5.78. The molecule has 1 N–H and O–H groups in total. The fraction of sp³-hybridized carbons (Fsp3) is 0.467. The van der Waals surface area contributed by atoms with Crippen LogP contribution in [0.2, 0.25) is 0 Å². The molecule has 1 heterocycles. The van der Waals surface area contributed by atoms with E-state index in [0.29, 0.717) is 25.1 Å². The third-order valence-electron chi connectivity index (χ3n) is 3.45. The van der Waals surface area contributed by atoms with Crippen LogP contribution in [0.25, 0.3) is 0 Å². The van der Waals surface area contributed by atoms with E-state index in [1.807, 2.05) is 0 Å². The molecular formula is C15H19FN2O3. The molecule has 0 aromatic heterocycles. The van der Waals surface area contributed by atoms with Gasteiger partial charge >= 0.3 is 0 Å². The van der Waals surface area contributed by atoms with Crippen molar-refractivity contribution in [1.29, 1.82) is 0 Å². The molecular weight excluding hydrogens is 275 g/mol. The average molecular weight is 294 g/mol. The molecule has 1 aromatic carbocycles. The topological polar surface area (TPSA) is 58.6 Å². The number of likely N-dealkylation sites (N-methyl/N-ethyl adjacent to an activating group) is 1. The molecule has 6 heteroatoms. The van der Waals surface area contributed by atoms with Gasteiger partial charge in [-0.15, -0.1) is 0 Å². The number of aryl methyl sites for hydroxylation is 1. The molecule has 0 aliphatic carbocycles. The van der Waals surface area contributed by atoms with E-state index in [0.717, 1.165) is 0 Å². The summed E-state index contributed by atoms with van der Waals surface area (Å²) in [6.45, 7) is 0.867. The molecule has 0 spiro atoms. The van der Waals surface area contributed by atoms with E-state index < -0.39 is 0 Å². The van der Waals surface area contributed by atoms with Crippen molar-refractivity contribution in [3.63, 3.8) is 0 Å². The lowest BCUT2D eigenvalue weighted by atomic mass is 10.1. The number of rotatable bonds is 5. The van der Waals surface area contributed by atoms with Crippen LogP contribution in [0.15, 0.2) is 24.3 Å². The molecule has 0 bridgehead atoms. The number of carbonyl (C=O) groups is 2. The maximum atomic E-state index is 13.4. The van der Waals surface area contributed by atoms with Gasteiger partial charge in [0.2, 0.25) is 11.8 Å². The smallest absolute Gasteiger partial charge is 0.248 e. The summed E-state index contributed by atoms with van der Waals surface area (Å²) < 4.78 is 18.7. The van der Waals surface area contributed by atoms with Crippen molar-refractivity contribution in [2.75, 3.05) is 26.7 Å². The zero-order valence-corrected chi connectivity index (χ0v) is 12.0. The van der Waals surface area contributed by atoms with E-state index in [4.69, 9.17) is 4.74 Å². The molecule has 1 fully saturated rings. The first-order valence-corrected chi connectivity index (χ1v) is 6.92. The number of nitrogens with one attached hydrogen (secondary N) is 1. The normalized spacial score (nSPS) is 18.7. The molecule has 5 nitrogen and oxygen atoms in total. The summed E-state index contributed by atoms with van der Waals surface area (Å²) >= 11 is 0. The van der Waals surface area contributed by atoms with E-state index in [1.165, 1.54) is 6.07 Å². The van der Waals surface area contributed by atoms with Gasteiger partial charge in [-0.1, -0.05) is 18.2 Å². The van der Waals surface area contributed by atoms with Gasteiger partial charge in [0.1, 0.15) is 12.4 Å². The number of carbonyl (C=O) groups excluding carboxylic acids is 2. The largest absolute Gasteiger partial charge is 0.365 e. The molecule has 21 heavy (non-hydrogen) atoms. The number of hydrogen-bond acceptors (Lipinski definition) is 3. The number of nitrogens with zero attached hydrogens (tertiary/aromatic N) is 1. The van der Waals surface area contributed by atoms with Gasteiger partial charge < -0.3 is 15.0 Å². The van der Waals surface area contributed by atoms with Gasteiger partial charge in [0, 0.05) is 26.6 Å². The molecule has 1 atom stereocenters. The average Bonchev–Trinajstić information content (AvgIpc) is 2.47. The lowest BCUT2D eigenvalue weighted by Gasteiger charge is -2.29. The maximum absolute atomic E-state index is 13.4. The van der Waals surface area contributed by atoms with Gasteiger partial charge in [-0.25, -0.2) is 4.39 Å². The van der Waals surface area contributed by atoms with E-state index in [9.17, 15) is 14.0 Å². The third-order valence-corrected chi connectivity index (χ3v) is 3.45. The second-order valence-corrected chi connectivity index (χ2v) is 5.10. The van der Waals surface area contributed by atoms with Gasteiger partial charge in [-0.3, -0.25) is 9.59 Å². The molecule has 2 rings (SSSR count). The fourth-order valence-electron chi connectivity index (χ4n) is 2.15. The molecule has 0 radical (unpaired) electrons. The first kappa shape index (κ1) is 15.4. The minimum absolute atomic E-state index is 0.0479. The predicted molar refractivity (Wildman–Crippen MR) is 75.1 cm³/mol. The number of benzene rings is 1. The number of morpholine rings is 1. The highest BCUT2D eigenvalue weighted by atomic mass is 19.1. The molecule has 1 aliphatic heterocycles. The Hall–Kier alpha value is -1.95. The Labute approximate surface area is 123 Å². The van der Waals surface area contributed by atoms with Crippen LogP contribution in [-0.2, 0) is 20.7 Å². The van der Waals surface area contributed by atoms with Crippen LogP contribution < -0.4 is 5.32 Å². The van der Waals surface area contributed by atoms with Crippen molar-refractivity contribution in [1.82, 2.24) is 10.2 Å². The summed E-state index contributed by atoms with van der Waals surface area (Å²) in [7, 11) is 1.71. The Balaban J connectivity index is 1.71. The highest BCUT2D eigenvalue weighted by Gasteiger charge is 2.23. The SMILES string of the molecule is CN1CC(CNC(=O)CCc2ccccc2F)OCC1=O. The minimum atomic E-state index is -0.291. The fourth-order valence-corrected chi connectivity index (χ4v) is 2.15. The van der Waals surface area contributed by atoms with Crippen molar-refractivity contribution >= 4 is 11.8 Å². The summed E-state index contributed by atoms with van der Waals surface area (Å²) in [6, 6.07) is 6.43. The lowest BCUT2D eigenvalue weighted by Crippen LogP contribution is -2.48. The van der Waals surface area contributed by atoms with E-state index in [2.05, 4.69) is 5.32 Å². The van der Waals surface area contributed by atoms with Crippen LogP contribution in [0.5, 0.6) is 0 Å². The van der Waals surface area contributed by atoms with Crippen LogP contribution in [0, 0.1) is 5.82 Å². The van der Waals surface area contributed by atoms with Gasteiger partial charge in [-0.05, 0) is 18.1 Å². The van der Waals surface area contributed by atoms with Crippen molar-refractivity contribution in [3.05, 3.63) is 35.6 Å². The molecule has 1 aromatic rings. The molecule has 0 saturated carbocycles. The Morgan fingerprint density at radius 1 is 1.48 bits per heavy atom. The van der Waals surface area contributed by atoms with Gasteiger partial charge in [0.05, 0.1) is 6.10 Å². The molecule has 1 aliphatic rings. The second-order valence-electron chi connectivity index (χ2n) is 5.10. The summed E-state index contributed by atoms with van der Waals surface area (Å²) in [6.07, 6.45) is 0.398. The van der Waals surface area contributed by atoms with Gasteiger partial charge in [0.15, 0.2) is 0 Å². The first-order chi connectivity index (χ1) is 10.1.